The van der Waals surface area contributed by atoms with Gasteiger partial charge in [-0.25, -0.2) is 4.79 Å². The number of rotatable bonds is 12. The average Bonchev–Trinajstić information content (AvgIpc) is 2.80. The Bertz CT molecular complexity index is 2100. The van der Waals surface area contributed by atoms with Gasteiger partial charge < -0.3 is 30.9 Å². The predicted octanol–water partition coefficient (Wildman–Crippen LogP) is -1.75. The van der Waals surface area contributed by atoms with Gasteiger partial charge in [0.2, 0.25) is 5.75 Å². The van der Waals surface area contributed by atoms with Gasteiger partial charge in [-0.3, -0.25) is 27.6 Å². The molecule has 0 fully saturated rings. The van der Waals surface area contributed by atoms with E-state index in [1.807, 2.05) is 0 Å². The average molecular weight is 762 g/mol. The van der Waals surface area contributed by atoms with Crippen molar-refractivity contribution in [2.24, 2.45) is 0 Å². The molecular formula is C17H15NO23S5. The summed E-state index contributed by atoms with van der Waals surface area (Å²) in [4.78, 5) is 26.1. The molecule has 1 atom stereocenters. The lowest BCUT2D eigenvalue weighted by Crippen LogP contribution is -2.48. The van der Waals surface area contributed by atoms with Crippen molar-refractivity contribution in [3.63, 3.8) is 0 Å². The maximum atomic E-state index is 13.5. The van der Waals surface area contributed by atoms with Crippen LogP contribution in [0.4, 0.5) is 0 Å². The highest BCUT2D eigenvalue weighted by molar-refractivity contribution is 7.82. The fourth-order valence-electron chi connectivity index (χ4n) is 3.79. The van der Waals surface area contributed by atoms with Crippen molar-refractivity contribution in [1.29, 1.82) is 0 Å². The molecule has 0 bridgehead atoms. The van der Waals surface area contributed by atoms with Crippen LogP contribution in [-0.4, -0.2) is 92.8 Å². The Morgan fingerprint density at radius 1 is 0.587 bits per heavy atom. The van der Waals surface area contributed by atoms with Crippen LogP contribution in [0.5, 0.6) is 28.7 Å². The highest BCUT2D eigenvalue weighted by atomic mass is 32.3. The second-order valence-corrected chi connectivity index (χ2v) is 13.5. The molecule has 1 heterocycles. The van der Waals surface area contributed by atoms with Crippen LogP contribution in [0.15, 0.2) is 24.3 Å². The van der Waals surface area contributed by atoms with Gasteiger partial charge in [0.25, 0.3) is 5.91 Å². The number of hydrogen-bond acceptors (Lipinski definition) is 17. The third kappa shape index (κ3) is 10.2. The number of hydrogen-bond donors (Lipinski definition) is 6. The van der Waals surface area contributed by atoms with E-state index in [1.54, 1.807) is 0 Å². The molecule has 2 aromatic rings. The molecular weight excluding hydrogens is 747 g/mol. The molecule has 0 aliphatic carbocycles. The zero-order chi connectivity index (χ0) is 35.2. The molecule has 0 saturated heterocycles. The van der Waals surface area contributed by atoms with Gasteiger partial charge in [0.1, 0.15) is 6.04 Å². The molecule has 29 heteroatoms. The molecule has 0 unspecified atom stereocenters. The third-order valence-corrected chi connectivity index (χ3v) is 7.12. The first kappa shape index (κ1) is 36.4. The minimum atomic E-state index is -5.69. The molecule has 6 N–H and O–H groups in total. The van der Waals surface area contributed by atoms with Crippen LogP contribution in [0.1, 0.15) is 21.5 Å². The van der Waals surface area contributed by atoms with E-state index in [2.05, 4.69) is 20.9 Å². The van der Waals surface area contributed by atoms with Crippen LogP contribution in [0, 0.1) is 0 Å². The Hall–Kier alpha value is -4.07. The molecule has 1 amide bonds. The highest BCUT2D eigenvalue weighted by Crippen LogP contribution is 2.42. The Labute approximate surface area is 257 Å². The number of carboxylic acids is 1. The molecule has 3 rings (SSSR count). The number of carboxylic acid groups (broad SMARTS) is 1. The monoisotopic (exact) mass is 761 g/mol. The quantitative estimate of drug-likeness (QED) is 0.130. The Morgan fingerprint density at radius 2 is 0.957 bits per heavy atom. The molecule has 1 aliphatic rings. The smallest absolute Gasteiger partial charge is 0.446 e. The summed E-state index contributed by atoms with van der Waals surface area (Å²) >= 11 is 0. The maximum Gasteiger partial charge on any atom is 0.446 e. The lowest BCUT2D eigenvalue weighted by atomic mass is 9.92. The lowest BCUT2D eigenvalue weighted by Gasteiger charge is -2.35. The number of benzene rings is 2. The predicted molar refractivity (Wildman–Crippen MR) is 139 cm³/mol. The van der Waals surface area contributed by atoms with Crippen LogP contribution in [-0.2, 0) is 69.8 Å². The molecule has 46 heavy (non-hydrogen) atoms. The number of nitrogens with zero attached hydrogens (tertiary/aromatic N) is 1. The lowest BCUT2D eigenvalue weighted by molar-refractivity contribution is -0.142. The molecule has 0 spiro atoms. The maximum absolute atomic E-state index is 13.5. The van der Waals surface area contributed by atoms with Crippen molar-refractivity contribution in [3.8, 4) is 28.7 Å². The van der Waals surface area contributed by atoms with E-state index in [-0.39, 0.29) is 23.3 Å². The van der Waals surface area contributed by atoms with E-state index in [4.69, 9.17) is 22.8 Å². The summed E-state index contributed by atoms with van der Waals surface area (Å²) in [6.45, 7) is -0.897. The van der Waals surface area contributed by atoms with Crippen LogP contribution >= 0.6 is 0 Å². The first-order valence-corrected chi connectivity index (χ1v) is 17.7. The fourth-order valence-corrected chi connectivity index (χ4v) is 5.58. The standard InChI is InChI=1S/C17H15NO23S5/c19-16(8-3-13(39-44(28,29)30)15(41-46(34,35)36)14(4-8)40-45(31,32)33)18-6-9-5-12(38-43(25,26)27)11(37-42(22,23)24)2-7(9)1-10(18)17(20)21/h2-5,10H,1,6H2,(H,20,21)(H,22,23,24)(H,25,26,27)(H,28,29,30)(H,31,32,33)(H,34,35,36)/t10-/m0/s1. The Balaban J connectivity index is 2.25. The molecule has 2 aromatic carbocycles. The molecule has 0 aromatic heterocycles. The Kier molecular flexibility index (Phi) is 9.71. The summed E-state index contributed by atoms with van der Waals surface area (Å²) in [5.41, 5.74) is -1.47. The molecule has 1 aliphatic heterocycles. The summed E-state index contributed by atoms with van der Waals surface area (Å²) in [5.74, 6) is -10.4. The van der Waals surface area contributed by atoms with Gasteiger partial charge in [0, 0.05) is 18.5 Å². The summed E-state index contributed by atoms with van der Waals surface area (Å²) in [6.07, 6.45) is -0.767. The van der Waals surface area contributed by atoms with Gasteiger partial charge in [0.15, 0.2) is 23.0 Å². The second kappa shape index (κ2) is 12.3. The third-order valence-electron chi connectivity index (χ3n) is 5.18. The van der Waals surface area contributed by atoms with E-state index >= 15 is 0 Å². The summed E-state index contributed by atoms with van der Waals surface area (Å²) in [7, 11) is -27.8. The molecule has 24 nitrogen and oxygen atoms in total. The zero-order valence-corrected chi connectivity index (χ0v) is 25.5. The van der Waals surface area contributed by atoms with Crippen molar-refractivity contribution in [1.82, 2.24) is 4.90 Å². The molecule has 0 radical (unpaired) electrons. The molecule has 0 saturated carbocycles. The van der Waals surface area contributed by atoms with Gasteiger partial charge in [-0.1, -0.05) is 0 Å². The Morgan fingerprint density at radius 3 is 1.33 bits per heavy atom. The van der Waals surface area contributed by atoms with Gasteiger partial charge in [-0.15, -0.1) is 0 Å². The van der Waals surface area contributed by atoms with Crippen LogP contribution in [0.3, 0.4) is 0 Å². The normalized spacial score (nSPS) is 15.8. The van der Waals surface area contributed by atoms with Crippen LogP contribution in [0.2, 0.25) is 0 Å². The van der Waals surface area contributed by atoms with Gasteiger partial charge in [-0.05, 0) is 35.4 Å². The van der Waals surface area contributed by atoms with E-state index in [0.29, 0.717) is 17.0 Å². The van der Waals surface area contributed by atoms with Crippen molar-refractivity contribution in [2.45, 2.75) is 19.0 Å². The fraction of sp³-hybridized carbons (Fsp3) is 0.176. The number of carbonyl (C=O) groups is 2. The van der Waals surface area contributed by atoms with E-state index < -0.39 is 117 Å². The summed E-state index contributed by atoms with van der Waals surface area (Å²) < 4.78 is 179. The van der Waals surface area contributed by atoms with Crippen LogP contribution < -0.4 is 20.9 Å². The molecule has 256 valence electrons. The van der Waals surface area contributed by atoms with Gasteiger partial charge in [-0.2, -0.15) is 42.1 Å². The second-order valence-electron chi connectivity index (χ2n) is 8.42. The number of fused-ring (bicyclic) bond motifs is 1. The minimum Gasteiger partial charge on any atom is -0.480 e. The van der Waals surface area contributed by atoms with Crippen molar-refractivity contribution < 1.29 is 100 Å². The van der Waals surface area contributed by atoms with Crippen molar-refractivity contribution >= 4 is 63.9 Å². The summed E-state index contributed by atoms with van der Waals surface area (Å²) in [5, 5.41) is 9.79. The van der Waals surface area contributed by atoms with Crippen LogP contribution in [0.25, 0.3) is 0 Å². The summed E-state index contributed by atoms with van der Waals surface area (Å²) in [6, 6.07) is -0.225. The number of aliphatic carboxylic acids is 1. The highest BCUT2D eigenvalue weighted by Gasteiger charge is 2.38. The van der Waals surface area contributed by atoms with Crippen molar-refractivity contribution in [3.05, 3.63) is 41.0 Å². The largest absolute Gasteiger partial charge is 0.480 e. The van der Waals surface area contributed by atoms with E-state index in [0.717, 1.165) is 0 Å². The van der Waals surface area contributed by atoms with Gasteiger partial charge >= 0.3 is 58.0 Å². The zero-order valence-electron chi connectivity index (χ0n) is 21.4. The first-order valence-electron chi connectivity index (χ1n) is 10.8. The first-order chi connectivity index (χ1) is 20.6. The SMILES string of the molecule is O=C(O)[C@@H]1Cc2cc(OS(=O)(=O)O)c(OS(=O)(=O)O)cc2CN1C(=O)c1cc(OS(=O)(=O)O)c(OS(=O)(=O)O)c(OS(=O)(=O)O)c1. The topological polar surface area (TPSA) is 376 Å². The van der Waals surface area contributed by atoms with Gasteiger partial charge in [0.05, 0.1) is 0 Å². The van der Waals surface area contributed by atoms with Crippen molar-refractivity contribution in [2.75, 3.05) is 0 Å². The van der Waals surface area contributed by atoms with E-state index in [1.165, 1.54) is 0 Å². The number of amides is 1. The van der Waals surface area contributed by atoms with E-state index in [9.17, 15) is 56.8 Å². The number of carbonyl (C=O) groups excluding carboxylic acids is 1. The minimum absolute atomic E-state index is 0.180.